The second kappa shape index (κ2) is 19.1. The fourth-order valence-corrected chi connectivity index (χ4v) is 3.62. The molecular formula is C21H41N9O6S. The number of primary amides is 1. The molecule has 0 radical (unpaired) electrons. The molecule has 4 atom stereocenters. The summed E-state index contributed by atoms with van der Waals surface area (Å²) in [7, 11) is 0. The van der Waals surface area contributed by atoms with Crippen molar-refractivity contribution in [2.75, 3.05) is 25.1 Å². The maximum atomic E-state index is 13.0. The van der Waals surface area contributed by atoms with Crippen LogP contribution < -0.4 is 44.6 Å². The third-order valence-corrected chi connectivity index (χ3v) is 5.79. The first-order chi connectivity index (χ1) is 17.4. The molecule has 0 aliphatic carbocycles. The number of nitrogens with two attached hydrogens (primary N) is 5. The second-order valence-electron chi connectivity index (χ2n) is 8.31. The first kappa shape index (κ1) is 33.9. The number of aliphatic carboxylic acids is 1. The van der Waals surface area contributed by atoms with E-state index in [-0.39, 0.29) is 31.8 Å². The lowest BCUT2D eigenvalue weighted by molar-refractivity contribution is -0.142. The van der Waals surface area contributed by atoms with E-state index in [0.29, 0.717) is 31.6 Å². The van der Waals surface area contributed by atoms with Gasteiger partial charge in [0.25, 0.3) is 0 Å². The largest absolute Gasteiger partial charge is 0.480 e. The zero-order valence-corrected chi connectivity index (χ0v) is 21.9. The third kappa shape index (κ3) is 15.6. The fraction of sp³-hybridized carbons (Fsp3) is 0.714. The predicted octanol–water partition coefficient (Wildman–Crippen LogP) is -3.34. The maximum Gasteiger partial charge on any atom is 0.326 e. The number of carboxylic acid groups (broad SMARTS) is 1. The van der Waals surface area contributed by atoms with Crippen LogP contribution in [0.3, 0.4) is 0 Å². The number of hydrogen-bond donors (Lipinski definition) is 9. The highest BCUT2D eigenvalue weighted by molar-refractivity contribution is 7.98. The van der Waals surface area contributed by atoms with Gasteiger partial charge in [-0.25, -0.2) is 4.79 Å². The molecule has 14 N–H and O–H groups in total. The molecule has 0 aliphatic heterocycles. The van der Waals surface area contributed by atoms with E-state index in [1.54, 1.807) is 0 Å². The van der Waals surface area contributed by atoms with Crippen molar-refractivity contribution in [3.8, 4) is 0 Å². The molecule has 4 unspecified atom stereocenters. The average molecular weight is 548 g/mol. The Morgan fingerprint density at radius 2 is 1.41 bits per heavy atom. The van der Waals surface area contributed by atoms with Gasteiger partial charge in [0.1, 0.15) is 18.1 Å². The molecule has 0 bridgehead atoms. The quantitative estimate of drug-likeness (QED) is 0.0412. The van der Waals surface area contributed by atoms with E-state index in [9.17, 15) is 29.1 Å². The van der Waals surface area contributed by atoms with Gasteiger partial charge in [-0.05, 0) is 57.1 Å². The van der Waals surface area contributed by atoms with Crippen LogP contribution in [0.25, 0.3) is 0 Å². The number of hydrogen-bond acceptors (Lipinski definition) is 9. The number of nitrogens with zero attached hydrogens (tertiary/aromatic N) is 1. The Kier molecular flexibility index (Phi) is 17.5. The van der Waals surface area contributed by atoms with Crippen molar-refractivity contribution in [3.63, 3.8) is 0 Å². The number of guanidine groups is 1. The molecule has 16 heteroatoms. The normalized spacial score (nSPS) is 13.9. The van der Waals surface area contributed by atoms with Gasteiger partial charge in [-0.15, -0.1) is 0 Å². The van der Waals surface area contributed by atoms with Crippen molar-refractivity contribution in [1.29, 1.82) is 0 Å². The number of carboxylic acids is 1. The molecule has 0 rings (SSSR count). The Morgan fingerprint density at radius 1 is 0.838 bits per heavy atom. The predicted molar refractivity (Wildman–Crippen MR) is 141 cm³/mol. The first-order valence-corrected chi connectivity index (χ1v) is 13.2. The van der Waals surface area contributed by atoms with Gasteiger partial charge in [0.2, 0.25) is 23.6 Å². The number of amides is 4. The highest BCUT2D eigenvalue weighted by Crippen LogP contribution is 2.06. The van der Waals surface area contributed by atoms with E-state index in [1.807, 2.05) is 6.26 Å². The van der Waals surface area contributed by atoms with Gasteiger partial charge in [-0.2, -0.15) is 11.8 Å². The number of rotatable bonds is 20. The van der Waals surface area contributed by atoms with Crippen LogP contribution in [0.5, 0.6) is 0 Å². The van der Waals surface area contributed by atoms with Crippen LogP contribution in [-0.2, 0) is 24.0 Å². The molecule has 0 aromatic rings. The molecule has 0 aromatic carbocycles. The Hall–Kier alpha value is -3.11. The minimum Gasteiger partial charge on any atom is -0.480 e. The Labute approximate surface area is 220 Å². The highest BCUT2D eigenvalue weighted by atomic mass is 32.2. The zero-order chi connectivity index (χ0) is 28.4. The minimum absolute atomic E-state index is 0.0357. The lowest BCUT2D eigenvalue weighted by Gasteiger charge is -2.25. The molecule has 0 saturated carbocycles. The molecule has 0 aromatic heterocycles. The molecule has 0 aliphatic rings. The van der Waals surface area contributed by atoms with Crippen LogP contribution in [0.15, 0.2) is 4.99 Å². The Bertz CT molecular complexity index is 794. The van der Waals surface area contributed by atoms with Gasteiger partial charge in [-0.3, -0.25) is 24.2 Å². The summed E-state index contributed by atoms with van der Waals surface area (Å²) in [6.07, 6.45) is 3.13. The van der Waals surface area contributed by atoms with Crippen LogP contribution in [0.1, 0.15) is 44.9 Å². The summed E-state index contributed by atoms with van der Waals surface area (Å²) in [5.41, 5.74) is 27.1. The van der Waals surface area contributed by atoms with Gasteiger partial charge in [0, 0.05) is 6.54 Å². The molecule has 4 amide bonds. The van der Waals surface area contributed by atoms with E-state index in [0.717, 1.165) is 0 Å². The molecule has 37 heavy (non-hydrogen) atoms. The van der Waals surface area contributed by atoms with Crippen LogP contribution in [0.2, 0.25) is 0 Å². The van der Waals surface area contributed by atoms with Crippen LogP contribution in [0, 0.1) is 0 Å². The summed E-state index contributed by atoms with van der Waals surface area (Å²) >= 11 is 1.49. The molecule has 0 heterocycles. The lowest BCUT2D eigenvalue weighted by atomic mass is 10.1. The van der Waals surface area contributed by atoms with Crippen molar-refractivity contribution in [3.05, 3.63) is 0 Å². The second-order valence-corrected chi connectivity index (χ2v) is 9.30. The zero-order valence-electron chi connectivity index (χ0n) is 21.1. The Balaban J connectivity index is 5.59. The number of carbonyl (C=O) groups is 5. The van der Waals surface area contributed by atoms with E-state index in [4.69, 9.17) is 28.7 Å². The third-order valence-electron chi connectivity index (χ3n) is 5.15. The highest BCUT2D eigenvalue weighted by Gasteiger charge is 2.30. The van der Waals surface area contributed by atoms with Crippen molar-refractivity contribution >= 4 is 47.3 Å². The van der Waals surface area contributed by atoms with Gasteiger partial charge in [-0.1, -0.05) is 0 Å². The summed E-state index contributed by atoms with van der Waals surface area (Å²) in [5, 5.41) is 16.7. The van der Waals surface area contributed by atoms with Gasteiger partial charge in [0.05, 0.1) is 12.5 Å². The number of nitrogens with one attached hydrogen (secondary N) is 3. The fourth-order valence-electron chi connectivity index (χ4n) is 3.13. The Morgan fingerprint density at radius 3 is 1.95 bits per heavy atom. The van der Waals surface area contributed by atoms with E-state index >= 15 is 0 Å². The number of aliphatic imine (C=N–C) groups is 1. The molecule has 212 valence electrons. The SMILES string of the molecule is CSCCC(N)C(=O)NC(CC(N)=O)C(=O)NC(CCCN=C(N)N)C(=O)NC(CCCCN)C(=O)O. The molecular weight excluding hydrogens is 506 g/mol. The smallest absolute Gasteiger partial charge is 0.326 e. The summed E-state index contributed by atoms with van der Waals surface area (Å²) in [6, 6.07) is -4.72. The topological polar surface area (TPSA) is 284 Å². The molecule has 0 spiro atoms. The van der Waals surface area contributed by atoms with Gasteiger partial charge >= 0.3 is 5.97 Å². The molecule has 0 saturated heterocycles. The van der Waals surface area contributed by atoms with Crippen LogP contribution >= 0.6 is 11.8 Å². The van der Waals surface area contributed by atoms with E-state index in [2.05, 4.69) is 20.9 Å². The summed E-state index contributed by atoms with van der Waals surface area (Å²) in [4.78, 5) is 65.3. The van der Waals surface area contributed by atoms with Crippen molar-refractivity contribution in [1.82, 2.24) is 16.0 Å². The van der Waals surface area contributed by atoms with Crippen LogP contribution in [0.4, 0.5) is 0 Å². The standard InChI is InChI=1S/C21H41N9O6S/c1-37-10-7-12(23)17(32)30-15(11-16(24)31)19(34)28-13(6-4-9-27-21(25)26)18(33)29-14(20(35)36)5-2-3-8-22/h12-15H,2-11,22-23H2,1H3,(H2,24,31)(H,28,34)(H,29,33)(H,30,32)(H,35,36)(H4,25,26,27). The number of thioether (sulfide) groups is 1. The summed E-state index contributed by atoms with van der Waals surface area (Å²) in [6.45, 7) is 0.518. The first-order valence-electron chi connectivity index (χ1n) is 11.8. The van der Waals surface area contributed by atoms with Crippen molar-refractivity contribution < 1.29 is 29.1 Å². The number of unbranched alkanes of at least 4 members (excludes halogenated alkanes) is 1. The van der Waals surface area contributed by atoms with Gasteiger partial charge in [0.15, 0.2) is 5.96 Å². The van der Waals surface area contributed by atoms with Crippen molar-refractivity contribution in [2.45, 2.75) is 69.1 Å². The maximum absolute atomic E-state index is 13.0. The minimum atomic E-state index is -1.39. The molecule has 0 fully saturated rings. The average Bonchev–Trinajstić information content (AvgIpc) is 2.82. The van der Waals surface area contributed by atoms with E-state index < -0.39 is 60.2 Å². The lowest BCUT2D eigenvalue weighted by Crippen LogP contribution is -2.57. The van der Waals surface area contributed by atoms with E-state index in [1.165, 1.54) is 11.8 Å². The summed E-state index contributed by atoms with van der Waals surface area (Å²) in [5.74, 6) is -3.94. The number of carbonyl (C=O) groups excluding carboxylic acids is 4. The monoisotopic (exact) mass is 547 g/mol. The van der Waals surface area contributed by atoms with Gasteiger partial charge < -0.3 is 49.7 Å². The summed E-state index contributed by atoms with van der Waals surface area (Å²) < 4.78 is 0. The molecule has 15 nitrogen and oxygen atoms in total. The van der Waals surface area contributed by atoms with Crippen molar-refractivity contribution in [2.24, 2.45) is 33.7 Å². The van der Waals surface area contributed by atoms with Crippen LogP contribution in [-0.4, -0.2) is 89.9 Å².